The van der Waals surface area contributed by atoms with Crippen LogP contribution in [0.25, 0.3) is 5.57 Å². The first kappa shape index (κ1) is 23.1. The number of aromatic nitrogens is 3. The Balaban J connectivity index is 1.19. The van der Waals surface area contributed by atoms with E-state index in [0.29, 0.717) is 30.7 Å². The Morgan fingerprint density at radius 1 is 1.22 bits per heavy atom. The molecule has 0 radical (unpaired) electrons. The lowest BCUT2D eigenvalue weighted by atomic mass is 9.92. The second-order valence-electron chi connectivity index (χ2n) is 9.40. The third-order valence-corrected chi connectivity index (χ3v) is 6.85. The normalized spacial score (nSPS) is 22.1. The Kier molecular flexibility index (Phi) is 5.78. The Morgan fingerprint density at radius 2 is 2.11 bits per heavy atom. The predicted molar refractivity (Wildman–Crippen MR) is 139 cm³/mol. The maximum atomic E-state index is 13.5. The number of amidine groups is 1. The van der Waals surface area contributed by atoms with Gasteiger partial charge in [0.15, 0.2) is 0 Å². The van der Waals surface area contributed by atoms with Gasteiger partial charge < -0.3 is 14.6 Å². The summed E-state index contributed by atoms with van der Waals surface area (Å²) in [5, 5.41) is 18.2. The molecule has 1 N–H and O–H groups in total. The SMILES string of the molecule is CCC1=NN(Cc2cccc(C)n2)C2CC=CC(NC(=O)C3CN=C4C=C(c5nnc(C)o5)C=CN43)=C12. The Hall–Kier alpha value is -4.34. The minimum atomic E-state index is -0.439. The Labute approximate surface area is 214 Å². The summed E-state index contributed by atoms with van der Waals surface area (Å²) in [4.78, 5) is 24.6. The van der Waals surface area contributed by atoms with Crippen LogP contribution in [0.4, 0.5) is 0 Å². The molecule has 4 aliphatic rings. The van der Waals surface area contributed by atoms with Crippen LogP contribution in [0.2, 0.25) is 0 Å². The molecule has 37 heavy (non-hydrogen) atoms. The molecule has 10 heteroatoms. The van der Waals surface area contributed by atoms with E-state index < -0.39 is 6.04 Å². The fraction of sp³-hybridized carbons (Fsp3) is 0.333. The number of fused-ring (bicyclic) bond motifs is 2. The second-order valence-corrected chi connectivity index (χ2v) is 9.40. The molecule has 0 spiro atoms. The highest BCUT2D eigenvalue weighted by atomic mass is 16.4. The Bertz CT molecular complexity index is 1440. The lowest BCUT2D eigenvalue weighted by Gasteiger charge is -2.28. The number of aliphatic imine (C=N–C) groups is 1. The van der Waals surface area contributed by atoms with Gasteiger partial charge in [0.1, 0.15) is 11.9 Å². The summed E-state index contributed by atoms with van der Waals surface area (Å²) in [5.74, 6) is 1.54. The van der Waals surface area contributed by atoms with Gasteiger partial charge in [0.05, 0.1) is 30.5 Å². The highest BCUT2D eigenvalue weighted by Gasteiger charge is 2.37. The van der Waals surface area contributed by atoms with E-state index in [4.69, 9.17) is 9.52 Å². The molecule has 2 atom stereocenters. The molecule has 0 saturated carbocycles. The van der Waals surface area contributed by atoms with E-state index in [0.717, 1.165) is 46.8 Å². The molecule has 0 saturated heterocycles. The number of pyridine rings is 1. The summed E-state index contributed by atoms with van der Waals surface area (Å²) in [7, 11) is 0. The number of nitrogens with one attached hydrogen (secondary N) is 1. The molecule has 0 fully saturated rings. The third kappa shape index (κ3) is 4.28. The fourth-order valence-electron chi connectivity index (χ4n) is 5.10. The zero-order valence-corrected chi connectivity index (χ0v) is 21.0. The number of nitrogens with zero attached hydrogens (tertiary/aromatic N) is 7. The van der Waals surface area contributed by atoms with E-state index in [1.165, 1.54) is 0 Å². The first-order valence-electron chi connectivity index (χ1n) is 12.5. The average molecular weight is 497 g/mol. The van der Waals surface area contributed by atoms with Crippen molar-refractivity contribution in [1.82, 2.24) is 30.4 Å². The van der Waals surface area contributed by atoms with Crippen LogP contribution >= 0.6 is 0 Å². The van der Waals surface area contributed by atoms with E-state index in [1.54, 1.807) is 6.92 Å². The first-order chi connectivity index (χ1) is 18.0. The molecule has 1 amide bonds. The van der Waals surface area contributed by atoms with Gasteiger partial charge in [-0.05, 0) is 50.1 Å². The Morgan fingerprint density at radius 3 is 2.89 bits per heavy atom. The summed E-state index contributed by atoms with van der Waals surface area (Å²) < 4.78 is 5.53. The molecule has 3 aliphatic heterocycles. The van der Waals surface area contributed by atoms with Crippen LogP contribution < -0.4 is 5.32 Å². The van der Waals surface area contributed by atoms with E-state index in [2.05, 4.69) is 43.5 Å². The van der Waals surface area contributed by atoms with Gasteiger partial charge in [0.25, 0.3) is 0 Å². The number of hydrogen-bond donors (Lipinski definition) is 1. The van der Waals surface area contributed by atoms with Crippen molar-refractivity contribution in [3.8, 4) is 0 Å². The standard InChI is InChI=1S/C27H28N8O2/c1-4-20-25-21(9-6-10-22(25)35(33-20)15-19-8-5-7-16(2)29-19)30-26(36)23-14-28-24-13-18(11-12-34(23)24)27-32-31-17(3)37-27/h5-9,11-13,22-23H,4,10,14-15H2,1-3H3,(H,30,36). The first-order valence-corrected chi connectivity index (χ1v) is 12.5. The number of carbonyl (C=O) groups is 1. The maximum Gasteiger partial charge on any atom is 0.249 e. The number of allylic oxidation sites excluding steroid dienone is 3. The highest BCUT2D eigenvalue weighted by Crippen LogP contribution is 2.33. The average Bonchev–Trinajstić information content (AvgIpc) is 3.61. The van der Waals surface area contributed by atoms with Crippen molar-refractivity contribution >= 4 is 23.0 Å². The van der Waals surface area contributed by atoms with Crippen LogP contribution in [0.3, 0.4) is 0 Å². The van der Waals surface area contributed by atoms with Gasteiger partial charge in [-0.15, -0.1) is 10.2 Å². The molecule has 5 heterocycles. The molecular weight excluding hydrogens is 468 g/mol. The number of hydrogen-bond acceptors (Lipinski definition) is 9. The van der Waals surface area contributed by atoms with E-state index in [9.17, 15) is 4.79 Å². The minimum Gasteiger partial charge on any atom is -0.421 e. The lowest BCUT2D eigenvalue weighted by molar-refractivity contribution is -0.123. The summed E-state index contributed by atoms with van der Waals surface area (Å²) in [6.07, 6.45) is 11.3. The van der Waals surface area contributed by atoms with E-state index in [-0.39, 0.29) is 11.9 Å². The molecule has 0 bridgehead atoms. The topological polar surface area (TPSA) is 112 Å². The van der Waals surface area contributed by atoms with Gasteiger partial charge in [-0.1, -0.05) is 19.1 Å². The van der Waals surface area contributed by atoms with Gasteiger partial charge in [0, 0.05) is 35.7 Å². The number of aryl methyl sites for hydroxylation is 2. The molecular formula is C27H28N8O2. The monoisotopic (exact) mass is 496 g/mol. The molecule has 2 aromatic heterocycles. The van der Waals surface area contributed by atoms with Crippen LogP contribution in [0.15, 0.2) is 74.5 Å². The van der Waals surface area contributed by atoms with Crippen molar-refractivity contribution in [3.05, 3.63) is 83.1 Å². The van der Waals surface area contributed by atoms with Crippen LogP contribution in [0.1, 0.15) is 42.9 Å². The number of rotatable bonds is 6. The molecule has 1 aliphatic carbocycles. The summed E-state index contributed by atoms with van der Waals surface area (Å²) in [6.45, 7) is 6.84. The number of carbonyl (C=O) groups excluding carboxylic acids is 1. The lowest BCUT2D eigenvalue weighted by Crippen LogP contribution is -2.45. The fourth-order valence-corrected chi connectivity index (χ4v) is 5.10. The van der Waals surface area contributed by atoms with Gasteiger partial charge in [0.2, 0.25) is 17.7 Å². The van der Waals surface area contributed by atoms with Crippen molar-refractivity contribution in [2.45, 2.75) is 52.2 Å². The summed E-state index contributed by atoms with van der Waals surface area (Å²) in [5.41, 5.74) is 5.65. The zero-order valence-electron chi connectivity index (χ0n) is 21.0. The molecule has 2 unspecified atom stereocenters. The molecule has 188 valence electrons. The second kappa shape index (κ2) is 9.27. The van der Waals surface area contributed by atoms with Crippen molar-refractivity contribution < 1.29 is 9.21 Å². The highest BCUT2D eigenvalue weighted by molar-refractivity contribution is 6.07. The third-order valence-electron chi connectivity index (χ3n) is 6.85. The van der Waals surface area contributed by atoms with E-state index >= 15 is 0 Å². The number of amides is 1. The van der Waals surface area contributed by atoms with Crippen LogP contribution in [-0.4, -0.2) is 61.2 Å². The van der Waals surface area contributed by atoms with Gasteiger partial charge in [-0.2, -0.15) is 5.10 Å². The van der Waals surface area contributed by atoms with Crippen LogP contribution in [0, 0.1) is 13.8 Å². The van der Waals surface area contributed by atoms with Gasteiger partial charge in [-0.3, -0.25) is 19.8 Å². The maximum absolute atomic E-state index is 13.5. The molecule has 2 aromatic rings. The summed E-state index contributed by atoms with van der Waals surface area (Å²) >= 11 is 0. The van der Waals surface area contributed by atoms with E-state index in [1.807, 2.05) is 54.5 Å². The van der Waals surface area contributed by atoms with Crippen molar-refractivity contribution in [1.29, 1.82) is 0 Å². The van der Waals surface area contributed by atoms with Gasteiger partial charge in [-0.25, -0.2) is 0 Å². The predicted octanol–water partition coefficient (Wildman–Crippen LogP) is 3.06. The van der Waals surface area contributed by atoms with Crippen molar-refractivity contribution in [3.63, 3.8) is 0 Å². The van der Waals surface area contributed by atoms with Crippen LogP contribution in [-0.2, 0) is 11.3 Å². The minimum absolute atomic E-state index is 0.0752. The van der Waals surface area contributed by atoms with Crippen molar-refractivity contribution in [2.75, 3.05) is 6.54 Å². The smallest absolute Gasteiger partial charge is 0.249 e. The van der Waals surface area contributed by atoms with Gasteiger partial charge >= 0.3 is 0 Å². The molecule has 6 rings (SSSR count). The quantitative estimate of drug-likeness (QED) is 0.654. The van der Waals surface area contributed by atoms with Crippen molar-refractivity contribution in [2.24, 2.45) is 10.1 Å². The largest absolute Gasteiger partial charge is 0.421 e. The van der Waals surface area contributed by atoms with Crippen LogP contribution in [0.5, 0.6) is 0 Å². The summed E-state index contributed by atoms with van der Waals surface area (Å²) in [6, 6.07) is 5.68. The zero-order chi connectivity index (χ0) is 25.5. The number of hydrazone groups is 1. The molecule has 10 nitrogen and oxygen atoms in total. The molecule has 0 aromatic carbocycles.